The molecule has 9 nitrogen and oxygen atoms in total. The normalized spacial score (nSPS) is 22.5. The molecule has 1 saturated carbocycles. The SMILES string of the molecule is C[C@H](CO)N1C[C@H](C)[C@@H](CN(C)Cc2ccc(C(F)(F)F)cc2)OCCCC[C@H](C)Oc2ccc(NC(=O)NC3CCCCC3)cc2C1=O. The van der Waals surface area contributed by atoms with Gasteiger partial charge in [0.15, 0.2) is 0 Å². The first-order valence-corrected chi connectivity index (χ1v) is 17.6. The van der Waals surface area contributed by atoms with Crippen LogP contribution in [0, 0.1) is 5.92 Å². The van der Waals surface area contributed by atoms with Crippen molar-refractivity contribution in [3.63, 3.8) is 0 Å². The van der Waals surface area contributed by atoms with E-state index >= 15 is 0 Å². The molecule has 4 atom stereocenters. The third-order valence-corrected chi connectivity index (χ3v) is 9.48. The zero-order chi connectivity index (χ0) is 35.6. The smallest absolute Gasteiger partial charge is 0.416 e. The largest absolute Gasteiger partial charge is 0.490 e. The van der Waals surface area contributed by atoms with Crippen molar-refractivity contribution in [3.8, 4) is 5.75 Å². The number of ether oxygens (including phenoxy) is 2. The van der Waals surface area contributed by atoms with Crippen molar-refractivity contribution in [2.45, 2.75) is 109 Å². The molecule has 4 rings (SSSR count). The van der Waals surface area contributed by atoms with Crippen LogP contribution in [0.1, 0.15) is 93.6 Å². The average molecular weight is 691 g/mol. The number of nitrogens with one attached hydrogen (secondary N) is 2. The Kier molecular flexibility index (Phi) is 14.2. The van der Waals surface area contributed by atoms with E-state index in [1.807, 2.05) is 25.8 Å². The molecule has 3 N–H and O–H groups in total. The standard InChI is InChI=1S/C37H53F3N4O5/c1-25-21-44(26(2)24-45)35(46)32-20-31(42-36(47)41-30-11-6-5-7-12-30)17-18-33(32)49-27(3)10-8-9-19-48-34(25)23-43(4)22-28-13-15-29(16-14-28)37(38,39)40/h13-18,20,25-27,30,34,45H,5-12,19,21-24H2,1-4H3,(H2,41,42,47)/t25-,26+,27-,34+/m0/s1. The molecule has 2 aromatic carbocycles. The van der Waals surface area contributed by atoms with E-state index in [0.29, 0.717) is 36.7 Å². The first-order chi connectivity index (χ1) is 23.3. The van der Waals surface area contributed by atoms with Gasteiger partial charge in [-0.2, -0.15) is 13.2 Å². The zero-order valence-electron chi connectivity index (χ0n) is 29.2. The minimum atomic E-state index is -4.39. The number of urea groups is 1. The van der Waals surface area contributed by atoms with E-state index in [1.54, 1.807) is 30.0 Å². The lowest BCUT2D eigenvalue weighted by molar-refractivity contribution is -0.137. The van der Waals surface area contributed by atoms with Crippen molar-refractivity contribution in [2.75, 3.05) is 38.7 Å². The lowest BCUT2D eigenvalue weighted by atomic mass is 9.96. The van der Waals surface area contributed by atoms with Gasteiger partial charge in [-0.05, 0) is 88.9 Å². The maximum absolute atomic E-state index is 14.4. The number of carbonyl (C=O) groups is 2. The van der Waals surface area contributed by atoms with Crippen molar-refractivity contribution >= 4 is 17.6 Å². The van der Waals surface area contributed by atoms with Crippen LogP contribution in [-0.2, 0) is 17.5 Å². The van der Waals surface area contributed by atoms with Gasteiger partial charge in [0.1, 0.15) is 5.75 Å². The van der Waals surface area contributed by atoms with Crippen molar-refractivity contribution in [2.24, 2.45) is 5.92 Å². The van der Waals surface area contributed by atoms with Crippen LogP contribution in [0.4, 0.5) is 23.7 Å². The Balaban J connectivity index is 1.54. The summed E-state index contributed by atoms with van der Waals surface area (Å²) in [6, 6.07) is 9.56. The van der Waals surface area contributed by atoms with Gasteiger partial charge in [0.2, 0.25) is 0 Å². The molecule has 2 aliphatic rings. The summed E-state index contributed by atoms with van der Waals surface area (Å²) in [6.45, 7) is 7.17. The van der Waals surface area contributed by atoms with Crippen LogP contribution in [0.15, 0.2) is 42.5 Å². The fraction of sp³-hybridized carbons (Fsp3) is 0.622. The molecule has 0 aromatic heterocycles. The number of carbonyl (C=O) groups excluding carboxylic acids is 2. The maximum Gasteiger partial charge on any atom is 0.416 e. The molecular weight excluding hydrogens is 637 g/mol. The minimum absolute atomic E-state index is 0.128. The maximum atomic E-state index is 14.4. The molecule has 49 heavy (non-hydrogen) atoms. The Labute approximate surface area is 288 Å². The summed E-state index contributed by atoms with van der Waals surface area (Å²) in [5.74, 6) is -0.0812. The van der Waals surface area contributed by atoms with Crippen LogP contribution in [0.2, 0.25) is 0 Å². The Morgan fingerprint density at radius 2 is 1.73 bits per heavy atom. The Morgan fingerprint density at radius 1 is 1.04 bits per heavy atom. The zero-order valence-corrected chi connectivity index (χ0v) is 29.2. The molecule has 1 aliphatic carbocycles. The predicted octanol–water partition coefficient (Wildman–Crippen LogP) is 7.09. The number of hydrogen-bond donors (Lipinski definition) is 3. The third-order valence-electron chi connectivity index (χ3n) is 9.48. The van der Waals surface area contributed by atoms with Crippen LogP contribution >= 0.6 is 0 Å². The van der Waals surface area contributed by atoms with E-state index in [4.69, 9.17) is 9.47 Å². The van der Waals surface area contributed by atoms with Gasteiger partial charge >= 0.3 is 12.2 Å². The van der Waals surface area contributed by atoms with Gasteiger partial charge in [-0.15, -0.1) is 0 Å². The van der Waals surface area contributed by atoms with Crippen LogP contribution in [-0.4, -0.2) is 84.5 Å². The lowest BCUT2D eigenvalue weighted by Crippen LogP contribution is -2.47. The molecule has 0 unspecified atom stereocenters. The van der Waals surface area contributed by atoms with Gasteiger partial charge in [0.05, 0.1) is 36.0 Å². The second kappa shape index (κ2) is 18.1. The number of alkyl halides is 3. The molecule has 0 saturated heterocycles. The Bertz CT molecular complexity index is 1350. The summed E-state index contributed by atoms with van der Waals surface area (Å²) in [4.78, 5) is 30.9. The lowest BCUT2D eigenvalue weighted by Gasteiger charge is -2.36. The van der Waals surface area contributed by atoms with Crippen LogP contribution in [0.5, 0.6) is 5.75 Å². The summed E-state index contributed by atoms with van der Waals surface area (Å²) in [5, 5.41) is 16.2. The first kappa shape index (κ1) is 38.5. The Morgan fingerprint density at radius 3 is 2.41 bits per heavy atom. The topological polar surface area (TPSA) is 103 Å². The minimum Gasteiger partial charge on any atom is -0.490 e. The van der Waals surface area contributed by atoms with Crippen molar-refractivity contribution in [1.29, 1.82) is 0 Å². The average Bonchev–Trinajstić information content (AvgIpc) is 3.06. The molecule has 0 spiro atoms. The van der Waals surface area contributed by atoms with Gasteiger partial charge in [-0.3, -0.25) is 9.69 Å². The number of likely N-dealkylation sites (N-methyl/N-ethyl adjacent to an activating group) is 1. The van der Waals surface area contributed by atoms with E-state index < -0.39 is 17.8 Å². The molecule has 1 aliphatic heterocycles. The molecule has 272 valence electrons. The summed E-state index contributed by atoms with van der Waals surface area (Å²) < 4.78 is 51.9. The summed E-state index contributed by atoms with van der Waals surface area (Å²) in [5.41, 5.74) is 0.825. The monoisotopic (exact) mass is 690 g/mol. The number of nitrogens with zero attached hydrogens (tertiary/aromatic N) is 2. The molecule has 0 bridgehead atoms. The summed E-state index contributed by atoms with van der Waals surface area (Å²) >= 11 is 0. The van der Waals surface area contributed by atoms with Crippen LogP contribution < -0.4 is 15.4 Å². The number of aliphatic hydroxyl groups is 1. The molecule has 2 aromatic rings. The van der Waals surface area contributed by atoms with Gasteiger partial charge in [-0.1, -0.05) is 38.3 Å². The fourth-order valence-corrected chi connectivity index (χ4v) is 6.54. The number of fused-ring (bicyclic) bond motifs is 1. The molecule has 1 heterocycles. The molecular formula is C37H53F3N4O5. The highest BCUT2D eigenvalue weighted by molar-refractivity contribution is 5.99. The quantitative estimate of drug-likeness (QED) is 0.274. The fourth-order valence-electron chi connectivity index (χ4n) is 6.54. The van der Waals surface area contributed by atoms with E-state index in [9.17, 15) is 27.9 Å². The van der Waals surface area contributed by atoms with E-state index in [-0.39, 0.29) is 49.3 Å². The second-order valence-corrected chi connectivity index (χ2v) is 13.8. The number of benzene rings is 2. The number of rotatable bonds is 8. The second-order valence-electron chi connectivity index (χ2n) is 13.8. The van der Waals surface area contributed by atoms with Gasteiger partial charge in [0, 0.05) is 43.9 Å². The summed E-state index contributed by atoms with van der Waals surface area (Å²) in [6.07, 6.45) is 2.78. The highest BCUT2D eigenvalue weighted by Gasteiger charge is 2.32. The number of anilines is 1. The third kappa shape index (κ3) is 11.6. The van der Waals surface area contributed by atoms with Gasteiger partial charge in [0.25, 0.3) is 5.91 Å². The van der Waals surface area contributed by atoms with Crippen molar-refractivity contribution in [3.05, 3.63) is 59.2 Å². The first-order valence-electron chi connectivity index (χ1n) is 17.6. The predicted molar refractivity (Wildman–Crippen MR) is 184 cm³/mol. The van der Waals surface area contributed by atoms with E-state index in [0.717, 1.165) is 62.6 Å². The molecule has 12 heteroatoms. The van der Waals surface area contributed by atoms with Gasteiger partial charge in [-0.25, -0.2) is 4.79 Å². The number of amides is 3. The van der Waals surface area contributed by atoms with E-state index in [1.165, 1.54) is 18.6 Å². The molecule has 1 fully saturated rings. The molecule has 3 amide bonds. The van der Waals surface area contributed by atoms with Crippen molar-refractivity contribution in [1.82, 2.24) is 15.1 Å². The Hall–Kier alpha value is -3.35. The van der Waals surface area contributed by atoms with Gasteiger partial charge < -0.3 is 30.1 Å². The van der Waals surface area contributed by atoms with E-state index in [2.05, 4.69) is 10.6 Å². The number of halogens is 3. The van der Waals surface area contributed by atoms with Crippen LogP contribution in [0.25, 0.3) is 0 Å². The number of aliphatic hydroxyl groups excluding tert-OH is 1. The highest BCUT2D eigenvalue weighted by atomic mass is 19.4. The summed E-state index contributed by atoms with van der Waals surface area (Å²) in [7, 11) is 1.90. The molecule has 0 radical (unpaired) electrons. The van der Waals surface area contributed by atoms with Crippen LogP contribution in [0.3, 0.4) is 0 Å². The van der Waals surface area contributed by atoms with Crippen molar-refractivity contribution < 1.29 is 37.3 Å². The highest BCUT2D eigenvalue weighted by Crippen LogP contribution is 2.30. The number of hydrogen-bond acceptors (Lipinski definition) is 6.